The molecule has 2 aromatic carbocycles. The Morgan fingerprint density at radius 3 is 2.56 bits per heavy atom. The van der Waals surface area contributed by atoms with E-state index in [0.717, 1.165) is 33.5 Å². The number of H-pyrrole nitrogens is 1. The van der Waals surface area contributed by atoms with Crippen LogP contribution < -0.4 is 4.90 Å². The van der Waals surface area contributed by atoms with Crippen molar-refractivity contribution in [2.24, 2.45) is 0 Å². The summed E-state index contributed by atoms with van der Waals surface area (Å²) in [5.74, 6) is -0.197. The molecular formula is C21H19N3O2S. The molecule has 3 aromatic rings. The van der Waals surface area contributed by atoms with E-state index in [1.165, 1.54) is 4.90 Å². The number of aromatic amines is 1. The number of rotatable bonds is 2. The Balaban J connectivity index is 1.65. The largest absolute Gasteiger partial charge is 0.356 e. The molecule has 0 unspecified atom stereocenters. The summed E-state index contributed by atoms with van der Waals surface area (Å²) in [6, 6.07) is 15.4. The molecule has 1 N–H and O–H groups in total. The first-order valence-corrected chi connectivity index (χ1v) is 10.2. The first kappa shape index (κ1) is 16.4. The average molecular weight is 377 g/mol. The molecule has 6 heteroatoms. The smallest absolute Gasteiger partial charge is 0.332 e. The summed E-state index contributed by atoms with van der Waals surface area (Å²) < 4.78 is 0. The Bertz CT molecular complexity index is 1090. The number of thioether (sulfide) groups is 1. The van der Waals surface area contributed by atoms with Gasteiger partial charge in [-0.1, -0.05) is 18.2 Å². The summed E-state index contributed by atoms with van der Waals surface area (Å²) in [4.78, 5) is 34.2. The molecular weight excluding hydrogens is 358 g/mol. The molecule has 0 radical (unpaired) electrons. The number of hydrogen-bond donors (Lipinski definition) is 1. The molecule has 27 heavy (non-hydrogen) atoms. The highest BCUT2D eigenvalue weighted by Crippen LogP contribution is 2.45. The number of benzene rings is 2. The summed E-state index contributed by atoms with van der Waals surface area (Å²) in [6.07, 6.45) is 2.74. The average Bonchev–Trinajstić information content (AvgIpc) is 3.17. The summed E-state index contributed by atoms with van der Waals surface area (Å²) >= 11 is 1.63. The second-order valence-electron chi connectivity index (χ2n) is 7.12. The first-order valence-electron chi connectivity index (χ1n) is 8.96. The second-order valence-corrected chi connectivity index (χ2v) is 8.00. The van der Waals surface area contributed by atoms with Gasteiger partial charge in [0.15, 0.2) is 5.54 Å². The number of hydrogen-bond acceptors (Lipinski definition) is 3. The molecule has 1 atom stereocenters. The maximum atomic E-state index is 13.5. The maximum absolute atomic E-state index is 13.5. The van der Waals surface area contributed by atoms with Gasteiger partial charge in [-0.05, 0) is 55.5 Å². The van der Waals surface area contributed by atoms with Crippen LogP contribution in [0.5, 0.6) is 0 Å². The van der Waals surface area contributed by atoms with E-state index in [9.17, 15) is 9.59 Å². The minimum Gasteiger partial charge on any atom is -0.356 e. The SMILES string of the molecule is CSc1ccc(N2C(=O)N3CCc4c([nH]c5ccccc45)[C@@]3(C)C2=O)cc1. The van der Waals surface area contributed by atoms with Crippen molar-refractivity contribution in [1.82, 2.24) is 9.88 Å². The number of para-hydroxylation sites is 1. The molecule has 2 aliphatic heterocycles. The Hall–Kier alpha value is -2.73. The van der Waals surface area contributed by atoms with Crippen molar-refractivity contribution < 1.29 is 9.59 Å². The van der Waals surface area contributed by atoms with Crippen LogP contribution in [0.4, 0.5) is 10.5 Å². The van der Waals surface area contributed by atoms with Gasteiger partial charge in [0.1, 0.15) is 0 Å². The summed E-state index contributed by atoms with van der Waals surface area (Å²) in [5.41, 5.74) is 2.62. The molecule has 1 aromatic heterocycles. The fourth-order valence-electron chi connectivity index (χ4n) is 4.35. The molecule has 0 spiro atoms. The van der Waals surface area contributed by atoms with E-state index in [2.05, 4.69) is 11.1 Å². The minimum atomic E-state index is -0.998. The Kier molecular flexibility index (Phi) is 3.43. The zero-order valence-corrected chi connectivity index (χ0v) is 16.0. The predicted molar refractivity (Wildman–Crippen MR) is 107 cm³/mol. The molecule has 136 valence electrons. The normalized spacial score (nSPS) is 21.7. The molecule has 1 fully saturated rings. The van der Waals surface area contributed by atoms with Gasteiger partial charge >= 0.3 is 6.03 Å². The number of carbonyl (C=O) groups is 2. The molecule has 0 saturated carbocycles. The third-order valence-electron chi connectivity index (χ3n) is 5.80. The van der Waals surface area contributed by atoms with E-state index in [-0.39, 0.29) is 11.9 Å². The van der Waals surface area contributed by atoms with Crippen LogP contribution in [0.1, 0.15) is 18.2 Å². The van der Waals surface area contributed by atoms with Gasteiger partial charge in [-0.25, -0.2) is 9.69 Å². The number of anilines is 1. The second kappa shape index (κ2) is 5.63. The van der Waals surface area contributed by atoms with Crippen molar-refractivity contribution in [3.05, 3.63) is 59.8 Å². The van der Waals surface area contributed by atoms with E-state index < -0.39 is 5.54 Å². The lowest BCUT2D eigenvalue weighted by molar-refractivity contribution is -0.125. The van der Waals surface area contributed by atoms with Crippen molar-refractivity contribution >= 4 is 40.3 Å². The number of nitrogens with zero attached hydrogens (tertiary/aromatic N) is 2. The van der Waals surface area contributed by atoms with Crippen molar-refractivity contribution in [2.45, 2.75) is 23.8 Å². The highest BCUT2D eigenvalue weighted by molar-refractivity contribution is 7.98. The van der Waals surface area contributed by atoms with E-state index in [4.69, 9.17) is 0 Å². The quantitative estimate of drug-likeness (QED) is 0.540. The van der Waals surface area contributed by atoms with Crippen LogP contribution in [0.2, 0.25) is 0 Å². The van der Waals surface area contributed by atoms with Gasteiger partial charge in [0, 0.05) is 22.3 Å². The molecule has 1 saturated heterocycles. The van der Waals surface area contributed by atoms with Crippen molar-refractivity contribution in [2.75, 3.05) is 17.7 Å². The Morgan fingerprint density at radius 2 is 1.81 bits per heavy atom. The van der Waals surface area contributed by atoms with Gasteiger partial charge in [0.2, 0.25) is 0 Å². The van der Waals surface area contributed by atoms with Crippen molar-refractivity contribution in [3.63, 3.8) is 0 Å². The predicted octanol–water partition coefficient (Wildman–Crippen LogP) is 4.13. The molecule has 5 rings (SSSR count). The number of amides is 3. The fourth-order valence-corrected chi connectivity index (χ4v) is 4.76. The number of aromatic nitrogens is 1. The van der Waals surface area contributed by atoms with Crippen molar-refractivity contribution in [1.29, 1.82) is 0 Å². The van der Waals surface area contributed by atoms with E-state index in [1.807, 2.05) is 55.6 Å². The van der Waals surface area contributed by atoms with Crippen LogP contribution in [-0.4, -0.2) is 34.6 Å². The number of imide groups is 1. The van der Waals surface area contributed by atoms with E-state index in [0.29, 0.717) is 12.2 Å². The van der Waals surface area contributed by atoms with Crippen LogP contribution in [0, 0.1) is 0 Å². The van der Waals surface area contributed by atoms with Gasteiger partial charge < -0.3 is 9.88 Å². The first-order chi connectivity index (χ1) is 13.1. The zero-order chi connectivity index (χ0) is 18.8. The molecule has 3 heterocycles. The molecule has 5 nitrogen and oxygen atoms in total. The van der Waals surface area contributed by atoms with E-state index >= 15 is 0 Å². The summed E-state index contributed by atoms with van der Waals surface area (Å²) in [6.45, 7) is 2.40. The Labute approximate surface area is 161 Å². The van der Waals surface area contributed by atoms with Gasteiger partial charge in [0.05, 0.1) is 11.4 Å². The molecule has 0 bridgehead atoms. The van der Waals surface area contributed by atoms with Crippen LogP contribution in [0.15, 0.2) is 53.4 Å². The lowest BCUT2D eigenvalue weighted by Gasteiger charge is -2.35. The molecule has 0 aliphatic carbocycles. The highest BCUT2D eigenvalue weighted by atomic mass is 32.2. The zero-order valence-electron chi connectivity index (χ0n) is 15.2. The highest BCUT2D eigenvalue weighted by Gasteiger charge is 2.58. The topological polar surface area (TPSA) is 56.4 Å². The van der Waals surface area contributed by atoms with Gasteiger partial charge in [-0.15, -0.1) is 11.8 Å². The number of carbonyl (C=O) groups excluding carboxylic acids is 2. The third kappa shape index (κ3) is 2.07. The lowest BCUT2D eigenvalue weighted by atomic mass is 9.87. The fraction of sp³-hybridized carbons (Fsp3) is 0.238. The van der Waals surface area contributed by atoms with E-state index in [1.54, 1.807) is 16.7 Å². The van der Waals surface area contributed by atoms with Crippen molar-refractivity contribution in [3.8, 4) is 0 Å². The maximum Gasteiger partial charge on any atom is 0.332 e. The van der Waals surface area contributed by atoms with Gasteiger partial charge in [-0.3, -0.25) is 4.79 Å². The summed E-state index contributed by atoms with van der Waals surface area (Å²) in [5, 5.41) is 1.14. The van der Waals surface area contributed by atoms with Gasteiger partial charge in [0.25, 0.3) is 5.91 Å². The Morgan fingerprint density at radius 1 is 1.07 bits per heavy atom. The number of nitrogens with one attached hydrogen (secondary N) is 1. The van der Waals surface area contributed by atoms with Gasteiger partial charge in [-0.2, -0.15) is 0 Å². The lowest BCUT2D eigenvalue weighted by Crippen LogP contribution is -2.49. The minimum absolute atomic E-state index is 0.197. The monoisotopic (exact) mass is 377 g/mol. The molecule has 3 amide bonds. The number of fused-ring (bicyclic) bond motifs is 5. The van der Waals surface area contributed by atoms with Crippen LogP contribution >= 0.6 is 11.8 Å². The number of urea groups is 1. The molecule has 2 aliphatic rings. The van der Waals surface area contributed by atoms with Crippen LogP contribution in [-0.2, 0) is 16.8 Å². The standard InChI is InChI=1S/C21H19N3O2S/c1-21-18-16(15-5-3-4-6-17(15)22-18)11-12-23(21)20(26)24(19(21)25)13-7-9-14(27-2)10-8-13/h3-10,22H,11-12H2,1-2H3/t21-/m0/s1. The van der Waals surface area contributed by atoms with Crippen LogP contribution in [0.3, 0.4) is 0 Å². The third-order valence-corrected chi connectivity index (χ3v) is 6.54. The van der Waals surface area contributed by atoms with Crippen LogP contribution in [0.25, 0.3) is 10.9 Å². The summed E-state index contributed by atoms with van der Waals surface area (Å²) in [7, 11) is 0.